The third-order valence-electron chi connectivity index (χ3n) is 2.62. The van der Waals surface area contributed by atoms with E-state index in [0.29, 0.717) is 31.5 Å². The van der Waals surface area contributed by atoms with Gasteiger partial charge in [0.15, 0.2) is 0 Å². The number of halogens is 3. The quantitative estimate of drug-likeness (QED) is 0.819. The molecule has 2 aromatic carbocycles. The van der Waals surface area contributed by atoms with E-state index < -0.39 is 0 Å². The van der Waals surface area contributed by atoms with Crippen LogP contribution in [0, 0.1) is 0 Å². The highest BCUT2D eigenvalue weighted by molar-refractivity contribution is 9.10. The fourth-order valence-electron chi connectivity index (χ4n) is 1.60. The van der Waals surface area contributed by atoms with Crippen LogP contribution in [0.15, 0.2) is 40.9 Å². The van der Waals surface area contributed by atoms with Crippen LogP contribution in [0.4, 0.5) is 5.69 Å². The van der Waals surface area contributed by atoms with Crippen LogP contribution in [0.1, 0.15) is 10.4 Å². The van der Waals surface area contributed by atoms with Crippen LogP contribution < -0.4 is 10.1 Å². The van der Waals surface area contributed by atoms with Gasteiger partial charge >= 0.3 is 0 Å². The second-order valence-electron chi connectivity index (χ2n) is 3.90. The monoisotopic (exact) mass is 373 g/mol. The topological polar surface area (TPSA) is 38.3 Å². The van der Waals surface area contributed by atoms with Crippen molar-refractivity contribution in [3.05, 3.63) is 56.5 Å². The lowest BCUT2D eigenvalue weighted by Gasteiger charge is -2.10. The zero-order valence-electron chi connectivity index (χ0n) is 10.4. The Hall–Kier alpha value is -1.23. The Labute approximate surface area is 135 Å². The van der Waals surface area contributed by atoms with Crippen molar-refractivity contribution in [2.24, 2.45) is 0 Å². The van der Waals surface area contributed by atoms with E-state index in [1.807, 2.05) is 0 Å². The van der Waals surface area contributed by atoms with Crippen LogP contribution in [0.25, 0.3) is 0 Å². The number of methoxy groups -OCH3 is 1. The summed E-state index contributed by atoms with van der Waals surface area (Å²) in [5.74, 6) is 0.261. The summed E-state index contributed by atoms with van der Waals surface area (Å²) in [6.07, 6.45) is 0. The zero-order valence-corrected chi connectivity index (χ0v) is 13.5. The van der Waals surface area contributed by atoms with Gasteiger partial charge in [0.2, 0.25) is 0 Å². The molecule has 0 saturated carbocycles. The third-order valence-corrected chi connectivity index (χ3v) is 4.24. The molecule has 104 valence electrons. The molecule has 6 heteroatoms. The lowest BCUT2D eigenvalue weighted by atomic mass is 10.2. The predicted molar refractivity (Wildman–Crippen MR) is 85.1 cm³/mol. The van der Waals surface area contributed by atoms with Gasteiger partial charge in [0, 0.05) is 10.5 Å². The Morgan fingerprint density at radius 2 is 2.00 bits per heavy atom. The number of hydrogen-bond acceptors (Lipinski definition) is 2. The molecular formula is C14H10BrCl2NO2. The Balaban J connectivity index is 2.30. The number of hydrogen-bond donors (Lipinski definition) is 1. The molecular weight excluding hydrogens is 365 g/mol. The molecule has 0 saturated heterocycles. The molecule has 3 nitrogen and oxygen atoms in total. The number of benzene rings is 2. The fourth-order valence-corrected chi connectivity index (χ4v) is 2.34. The molecule has 0 aliphatic carbocycles. The minimum atomic E-state index is -0.341. The van der Waals surface area contributed by atoms with E-state index in [4.69, 9.17) is 27.9 Å². The van der Waals surface area contributed by atoms with Crippen molar-refractivity contribution < 1.29 is 9.53 Å². The van der Waals surface area contributed by atoms with Crippen LogP contribution in [0.3, 0.4) is 0 Å². The molecule has 1 N–H and O–H groups in total. The van der Waals surface area contributed by atoms with Crippen molar-refractivity contribution in [2.75, 3.05) is 12.4 Å². The number of carbonyl (C=O) groups excluding carboxylic acids is 1. The molecule has 0 aliphatic heterocycles. The molecule has 0 atom stereocenters. The molecule has 0 radical (unpaired) electrons. The summed E-state index contributed by atoms with van der Waals surface area (Å²) in [7, 11) is 1.54. The number of anilines is 1. The molecule has 0 bridgehead atoms. The fraction of sp³-hybridized carbons (Fsp3) is 0.0714. The van der Waals surface area contributed by atoms with E-state index >= 15 is 0 Å². The Morgan fingerprint density at radius 3 is 2.70 bits per heavy atom. The minimum absolute atomic E-state index is 0.341. The first-order valence-electron chi connectivity index (χ1n) is 5.62. The van der Waals surface area contributed by atoms with Gasteiger partial charge in [0.1, 0.15) is 5.75 Å². The van der Waals surface area contributed by atoms with E-state index in [0.717, 1.165) is 0 Å². The number of nitrogens with one attached hydrogen (secondary N) is 1. The largest absolute Gasteiger partial charge is 0.497 e. The van der Waals surface area contributed by atoms with E-state index in [2.05, 4.69) is 21.2 Å². The van der Waals surface area contributed by atoms with Crippen LogP contribution >= 0.6 is 39.1 Å². The van der Waals surface area contributed by atoms with Gasteiger partial charge in [-0.25, -0.2) is 0 Å². The molecule has 0 fully saturated rings. The molecule has 2 aromatic rings. The van der Waals surface area contributed by atoms with Gasteiger partial charge in [0.25, 0.3) is 5.91 Å². The van der Waals surface area contributed by atoms with Gasteiger partial charge in [-0.2, -0.15) is 0 Å². The molecule has 0 unspecified atom stereocenters. The average Bonchev–Trinajstić information content (AvgIpc) is 2.44. The molecule has 0 heterocycles. The SMILES string of the molecule is COc1ccc(Cl)c(NC(=O)c2cccc(Br)c2Cl)c1. The van der Waals surface area contributed by atoms with Crippen LogP contribution in [-0.4, -0.2) is 13.0 Å². The molecule has 1 amide bonds. The van der Waals surface area contributed by atoms with E-state index in [9.17, 15) is 4.79 Å². The average molecular weight is 375 g/mol. The first kappa shape index (κ1) is 15.2. The van der Waals surface area contributed by atoms with E-state index in [1.54, 1.807) is 43.5 Å². The lowest BCUT2D eigenvalue weighted by Crippen LogP contribution is -2.13. The summed E-state index contributed by atoms with van der Waals surface area (Å²) in [6, 6.07) is 10.1. The highest BCUT2D eigenvalue weighted by Crippen LogP contribution is 2.29. The van der Waals surface area contributed by atoms with Crippen LogP contribution in [0.2, 0.25) is 10.0 Å². The highest BCUT2D eigenvalue weighted by atomic mass is 79.9. The maximum atomic E-state index is 12.2. The molecule has 20 heavy (non-hydrogen) atoms. The highest BCUT2D eigenvalue weighted by Gasteiger charge is 2.14. The van der Waals surface area contributed by atoms with E-state index in [1.165, 1.54) is 0 Å². The summed E-state index contributed by atoms with van der Waals surface area (Å²) in [5, 5.41) is 3.49. The number of amides is 1. The maximum Gasteiger partial charge on any atom is 0.257 e. The Kier molecular flexibility index (Phi) is 4.91. The van der Waals surface area contributed by atoms with Crippen molar-refractivity contribution in [2.45, 2.75) is 0 Å². The van der Waals surface area contributed by atoms with Crippen molar-refractivity contribution in [3.63, 3.8) is 0 Å². The Bertz CT molecular complexity index is 662. The van der Waals surface area contributed by atoms with Gasteiger partial charge in [-0.15, -0.1) is 0 Å². The summed E-state index contributed by atoms with van der Waals surface area (Å²) in [5.41, 5.74) is 0.826. The molecule has 2 rings (SSSR count). The normalized spacial score (nSPS) is 10.2. The maximum absolute atomic E-state index is 12.2. The van der Waals surface area contributed by atoms with Crippen LogP contribution in [-0.2, 0) is 0 Å². The lowest BCUT2D eigenvalue weighted by molar-refractivity contribution is 0.102. The summed E-state index contributed by atoms with van der Waals surface area (Å²) >= 11 is 15.4. The summed E-state index contributed by atoms with van der Waals surface area (Å²) < 4.78 is 5.75. The van der Waals surface area contributed by atoms with Gasteiger partial charge in [-0.05, 0) is 40.2 Å². The Morgan fingerprint density at radius 1 is 1.25 bits per heavy atom. The van der Waals surface area contributed by atoms with Crippen molar-refractivity contribution in [1.29, 1.82) is 0 Å². The minimum Gasteiger partial charge on any atom is -0.497 e. The second-order valence-corrected chi connectivity index (χ2v) is 5.54. The van der Waals surface area contributed by atoms with Crippen LogP contribution in [0.5, 0.6) is 5.75 Å². The van der Waals surface area contributed by atoms with Crippen molar-refractivity contribution >= 4 is 50.7 Å². The summed E-state index contributed by atoms with van der Waals surface area (Å²) in [6.45, 7) is 0. The van der Waals surface area contributed by atoms with Gasteiger partial charge < -0.3 is 10.1 Å². The molecule has 0 aliphatic rings. The first-order valence-corrected chi connectivity index (χ1v) is 7.16. The van der Waals surface area contributed by atoms with Gasteiger partial charge in [-0.3, -0.25) is 4.79 Å². The van der Waals surface area contributed by atoms with Crippen molar-refractivity contribution in [3.8, 4) is 5.75 Å². The van der Waals surface area contributed by atoms with Gasteiger partial charge in [0.05, 0.1) is 28.4 Å². The second kappa shape index (κ2) is 6.48. The van der Waals surface area contributed by atoms with E-state index in [-0.39, 0.29) is 5.91 Å². The number of ether oxygens (including phenoxy) is 1. The summed E-state index contributed by atoms with van der Waals surface area (Å²) in [4.78, 5) is 12.2. The van der Waals surface area contributed by atoms with Crippen molar-refractivity contribution in [1.82, 2.24) is 0 Å². The standard InChI is InChI=1S/C14H10BrCl2NO2/c1-20-8-5-6-11(16)12(7-8)18-14(19)9-3-2-4-10(15)13(9)17/h2-7H,1H3,(H,18,19). The zero-order chi connectivity index (χ0) is 14.7. The van der Waals surface area contributed by atoms with Gasteiger partial charge in [-0.1, -0.05) is 29.3 Å². The number of rotatable bonds is 3. The molecule has 0 spiro atoms. The predicted octanol–water partition coefficient (Wildman–Crippen LogP) is 5.02. The smallest absolute Gasteiger partial charge is 0.257 e. The first-order chi connectivity index (χ1) is 9.52. The number of carbonyl (C=O) groups is 1. The third kappa shape index (κ3) is 3.26. The molecule has 0 aromatic heterocycles.